The Balaban J connectivity index is 2.50. The second kappa shape index (κ2) is 7.04. The molecule has 5 nitrogen and oxygen atoms in total. The molecule has 2 rings (SSSR count). The predicted octanol–water partition coefficient (Wildman–Crippen LogP) is 4.57. The molecule has 1 aromatic rings. The van der Waals surface area contributed by atoms with Crippen molar-refractivity contribution < 1.29 is 67.0 Å². The van der Waals surface area contributed by atoms with E-state index in [4.69, 9.17) is 0 Å². The summed E-state index contributed by atoms with van der Waals surface area (Å²) in [5.74, 6) is -9.86. The van der Waals surface area contributed by atoms with Gasteiger partial charge in [-0.2, -0.15) is 52.7 Å². The van der Waals surface area contributed by atoms with Crippen molar-refractivity contribution in [3.8, 4) is 5.75 Å². The Hall–Kier alpha value is -2.43. The minimum atomic E-state index is -7.28. The molecule has 0 radical (unpaired) electrons. The molecule has 1 aliphatic heterocycles. The van der Waals surface area contributed by atoms with Crippen molar-refractivity contribution >= 4 is 11.6 Å². The predicted molar refractivity (Wildman–Crippen MR) is 74.2 cm³/mol. The van der Waals surface area contributed by atoms with Crippen molar-refractivity contribution in [2.45, 2.75) is 36.3 Å². The van der Waals surface area contributed by atoms with Gasteiger partial charge in [0, 0.05) is 5.69 Å². The minimum absolute atomic E-state index is 0.0622. The Morgan fingerprint density at radius 3 is 1.71 bits per heavy atom. The van der Waals surface area contributed by atoms with Gasteiger partial charge in [0.05, 0.1) is 7.11 Å². The molecule has 0 saturated carbocycles. The molecule has 0 bridgehead atoms. The van der Waals surface area contributed by atoms with E-state index in [2.05, 4.69) is 4.74 Å². The third kappa shape index (κ3) is 3.62. The first-order valence-corrected chi connectivity index (χ1v) is 7.48. The Labute approximate surface area is 163 Å². The van der Waals surface area contributed by atoms with Gasteiger partial charge in [0.25, 0.3) is 0 Å². The lowest BCUT2D eigenvalue weighted by Crippen LogP contribution is -2.80. The van der Waals surface area contributed by atoms with Crippen molar-refractivity contribution in [3.05, 3.63) is 24.3 Å². The number of hydrogen-bond acceptors (Lipinski definition) is 4. The molecule has 1 heterocycles. The number of halogens is 12. The first-order valence-electron chi connectivity index (χ1n) is 7.48. The zero-order chi connectivity index (χ0) is 24.3. The van der Waals surface area contributed by atoms with E-state index in [9.17, 15) is 57.5 Å². The number of nitrogens with one attached hydrogen (secondary N) is 1. The average Bonchev–Trinajstić information content (AvgIpc) is 2.59. The highest BCUT2D eigenvalue weighted by atomic mass is 19.4. The molecule has 1 N–H and O–H groups in total. The number of hydrogen-bond donors (Lipinski definition) is 1. The SMILES string of the molecule is COc1ccc(NC(=O)C(F)(F)C(F)(F)N2C(F)(F)C(F)(F)OC(F)(F)C2(F)F)cc1. The van der Waals surface area contributed by atoms with Gasteiger partial charge >= 0.3 is 42.2 Å². The number of morpholine rings is 1. The molecule has 1 aromatic carbocycles. The van der Waals surface area contributed by atoms with E-state index in [1.807, 2.05) is 4.74 Å². The number of amides is 1. The Morgan fingerprint density at radius 1 is 0.903 bits per heavy atom. The fourth-order valence-electron chi connectivity index (χ4n) is 2.23. The van der Waals surface area contributed by atoms with Crippen LogP contribution >= 0.6 is 0 Å². The summed E-state index contributed by atoms with van der Waals surface area (Å²) in [6.07, 6.45) is -13.6. The number of methoxy groups -OCH3 is 1. The third-order valence-corrected chi connectivity index (χ3v) is 3.81. The van der Waals surface area contributed by atoms with Gasteiger partial charge in [-0.05, 0) is 24.3 Å². The Morgan fingerprint density at radius 2 is 1.32 bits per heavy atom. The van der Waals surface area contributed by atoms with Crippen LogP contribution in [0.3, 0.4) is 0 Å². The number of alkyl halides is 12. The van der Waals surface area contributed by atoms with Crippen molar-refractivity contribution in [3.63, 3.8) is 0 Å². The molecule has 17 heteroatoms. The van der Waals surface area contributed by atoms with Gasteiger partial charge in [0.2, 0.25) is 0 Å². The monoisotopic (exact) mass is 480 g/mol. The van der Waals surface area contributed by atoms with Crippen LogP contribution < -0.4 is 10.1 Å². The van der Waals surface area contributed by atoms with Gasteiger partial charge in [-0.1, -0.05) is 4.90 Å². The maximum absolute atomic E-state index is 14.0. The lowest BCUT2D eigenvalue weighted by molar-refractivity contribution is -0.591. The van der Waals surface area contributed by atoms with Crippen LogP contribution in [0.2, 0.25) is 0 Å². The van der Waals surface area contributed by atoms with Gasteiger partial charge in [-0.15, -0.1) is 0 Å². The zero-order valence-electron chi connectivity index (χ0n) is 14.5. The van der Waals surface area contributed by atoms with Crippen molar-refractivity contribution in [1.29, 1.82) is 0 Å². The molecular formula is C14H8F12N2O3. The summed E-state index contributed by atoms with van der Waals surface area (Å²) in [6, 6.07) is -18.0. The summed E-state index contributed by atoms with van der Waals surface area (Å²) in [5, 5.41) is 1.03. The van der Waals surface area contributed by atoms with E-state index in [0.29, 0.717) is 0 Å². The van der Waals surface area contributed by atoms with E-state index in [0.717, 1.165) is 36.7 Å². The number of nitrogens with zero attached hydrogens (tertiary/aromatic N) is 1. The highest BCUT2D eigenvalue weighted by molar-refractivity contribution is 5.96. The van der Waals surface area contributed by atoms with Crippen LogP contribution in [0, 0.1) is 0 Å². The average molecular weight is 480 g/mol. The topological polar surface area (TPSA) is 50.8 Å². The summed E-state index contributed by atoms with van der Waals surface area (Å²) in [7, 11) is 1.15. The van der Waals surface area contributed by atoms with E-state index in [1.165, 1.54) is 0 Å². The Kier molecular flexibility index (Phi) is 5.64. The first kappa shape index (κ1) is 24.8. The fraction of sp³-hybridized carbons (Fsp3) is 0.500. The maximum atomic E-state index is 14.0. The zero-order valence-corrected chi connectivity index (χ0v) is 14.5. The van der Waals surface area contributed by atoms with Gasteiger partial charge in [-0.3, -0.25) is 4.79 Å². The molecule has 31 heavy (non-hydrogen) atoms. The van der Waals surface area contributed by atoms with E-state index in [-0.39, 0.29) is 5.75 Å². The maximum Gasteiger partial charge on any atom is 0.439 e. The number of rotatable bonds is 5. The first-order chi connectivity index (χ1) is 13.8. The second-order valence-electron chi connectivity index (χ2n) is 5.85. The quantitative estimate of drug-likeness (QED) is 0.496. The summed E-state index contributed by atoms with van der Waals surface area (Å²) < 4.78 is 169. The molecule has 1 saturated heterocycles. The van der Waals surface area contributed by atoms with Gasteiger partial charge in [-0.25, -0.2) is 4.74 Å². The minimum Gasteiger partial charge on any atom is -0.497 e. The number of carbonyl (C=O) groups excluding carboxylic acids is 1. The molecule has 1 aliphatic rings. The van der Waals surface area contributed by atoms with Crippen molar-refractivity contribution in [2.75, 3.05) is 12.4 Å². The van der Waals surface area contributed by atoms with Crippen LogP contribution in [0.5, 0.6) is 5.75 Å². The fourth-order valence-corrected chi connectivity index (χ4v) is 2.23. The third-order valence-electron chi connectivity index (χ3n) is 3.81. The lowest BCUT2D eigenvalue weighted by Gasteiger charge is -2.50. The van der Waals surface area contributed by atoms with Crippen LogP contribution in [-0.4, -0.2) is 54.2 Å². The van der Waals surface area contributed by atoms with Gasteiger partial charge < -0.3 is 10.1 Å². The lowest BCUT2D eigenvalue weighted by atomic mass is 10.1. The number of ether oxygens (including phenoxy) is 2. The van der Waals surface area contributed by atoms with E-state index < -0.39 is 52.8 Å². The molecule has 0 spiro atoms. The molecule has 0 aliphatic carbocycles. The standard InChI is InChI=1S/C14H8F12N2O3/c1-30-7-4-2-6(3-5-7)27-8(29)9(15,16)10(17,18)28-11(19,20)13(23,24)31-14(25,26)12(28,21)22/h2-5H,1H3,(H,27,29). The van der Waals surface area contributed by atoms with Crippen LogP contribution in [0.1, 0.15) is 0 Å². The van der Waals surface area contributed by atoms with Crippen LogP contribution in [0.25, 0.3) is 0 Å². The largest absolute Gasteiger partial charge is 0.497 e. The van der Waals surface area contributed by atoms with Crippen molar-refractivity contribution in [1.82, 2.24) is 4.90 Å². The summed E-state index contributed by atoms with van der Waals surface area (Å²) in [5.41, 5.74) is -0.725. The molecule has 0 unspecified atom stereocenters. The van der Waals surface area contributed by atoms with Crippen LogP contribution in [0.15, 0.2) is 24.3 Å². The molecular weight excluding hydrogens is 472 g/mol. The van der Waals surface area contributed by atoms with Gasteiger partial charge in [0.1, 0.15) is 5.75 Å². The molecule has 0 atom stereocenters. The summed E-state index contributed by atoms with van der Waals surface area (Å²) in [4.78, 5) is 7.80. The van der Waals surface area contributed by atoms with E-state index >= 15 is 0 Å². The Bertz CT molecular complexity index is 817. The van der Waals surface area contributed by atoms with Crippen molar-refractivity contribution in [2.24, 2.45) is 0 Å². The normalized spacial score (nSPS) is 22.6. The molecule has 176 valence electrons. The number of anilines is 1. The highest BCUT2D eigenvalue weighted by Crippen LogP contribution is 2.60. The van der Waals surface area contributed by atoms with E-state index in [1.54, 1.807) is 0 Å². The summed E-state index contributed by atoms with van der Waals surface area (Å²) in [6.45, 7) is 0. The highest BCUT2D eigenvalue weighted by Gasteiger charge is 2.90. The molecule has 1 fully saturated rings. The summed E-state index contributed by atoms with van der Waals surface area (Å²) >= 11 is 0. The number of benzene rings is 1. The number of carbonyl (C=O) groups is 1. The second-order valence-corrected chi connectivity index (χ2v) is 5.85. The van der Waals surface area contributed by atoms with Crippen LogP contribution in [-0.2, 0) is 9.53 Å². The molecule has 1 amide bonds. The molecule has 0 aromatic heterocycles. The van der Waals surface area contributed by atoms with Crippen LogP contribution in [0.4, 0.5) is 58.4 Å². The van der Waals surface area contributed by atoms with Gasteiger partial charge in [0.15, 0.2) is 0 Å². The smallest absolute Gasteiger partial charge is 0.439 e.